The SMILES string of the molecule is CCCc1nc(NN)cc(N(CCC#N)C(C)C)n1. The molecule has 0 aromatic carbocycles. The molecule has 19 heavy (non-hydrogen) atoms. The summed E-state index contributed by atoms with van der Waals surface area (Å²) in [6.45, 7) is 6.89. The highest BCUT2D eigenvalue weighted by Gasteiger charge is 2.14. The summed E-state index contributed by atoms with van der Waals surface area (Å²) in [5.41, 5.74) is 2.57. The standard InChI is InChI=1S/C13H22N6/c1-4-6-11-16-12(18-15)9-13(17-11)19(10(2)3)8-5-7-14/h9-10H,4-6,8,15H2,1-3H3,(H,16,17,18). The van der Waals surface area contributed by atoms with Gasteiger partial charge in [-0.1, -0.05) is 6.92 Å². The lowest BCUT2D eigenvalue weighted by molar-refractivity contribution is 0.671. The molecule has 0 fully saturated rings. The number of anilines is 2. The van der Waals surface area contributed by atoms with E-state index in [2.05, 4.69) is 47.1 Å². The highest BCUT2D eigenvalue weighted by atomic mass is 15.3. The molecule has 0 aliphatic heterocycles. The number of nitrogens with zero attached hydrogens (tertiary/aromatic N) is 4. The Kier molecular flexibility index (Phi) is 6.03. The van der Waals surface area contributed by atoms with Crippen molar-refractivity contribution in [2.75, 3.05) is 16.9 Å². The summed E-state index contributed by atoms with van der Waals surface area (Å²) in [4.78, 5) is 11.0. The van der Waals surface area contributed by atoms with Gasteiger partial charge in [0.1, 0.15) is 17.5 Å². The molecule has 0 atom stereocenters. The average Bonchev–Trinajstić information content (AvgIpc) is 2.39. The lowest BCUT2D eigenvalue weighted by Crippen LogP contribution is -2.33. The van der Waals surface area contributed by atoms with Crippen LogP contribution in [0.2, 0.25) is 0 Å². The van der Waals surface area contributed by atoms with Gasteiger partial charge in [-0.25, -0.2) is 15.8 Å². The van der Waals surface area contributed by atoms with Gasteiger partial charge >= 0.3 is 0 Å². The molecule has 1 aromatic heterocycles. The molecular formula is C13H22N6. The van der Waals surface area contributed by atoms with Crippen molar-refractivity contribution in [1.82, 2.24) is 9.97 Å². The molecule has 1 rings (SSSR count). The fourth-order valence-corrected chi connectivity index (χ4v) is 1.85. The smallest absolute Gasteiger partial charge is 0.145 e. The summed E-state index contributed by atoms with van der Waals surface area (Å²) in [6.07, 6.45) is 2.26. The summed E-state index contributed by atoms with van der Waals surface area (Å²) >= 11 is 0. The van der Waals surface area contributed by atoms with E-state index < -0.39 is 0 Å². The molecule has 0 aliphatic rings. The predicted octanol–water partition coefficient (Wildman–Crippen LogP) is 1.84. The highest BCUT2D eigenvalue weighted by molar-refractivity contribution is 5.49. The number of hydrogen-bond acceptors (Lipinski definition) is 6. The normalized spacial score (nSPS) is 10.3. The summed E-state index contributed by atoms with van der Waals surface area (Å²) in [6, 6.07) is 4.25. The summed E-state index contributed by atoms with van der Waals surface area (Å²) in [7, 11) is 0. The van der Waals surface area contributed by atoms with E-state index in [-0.39, 0.29) is 6.04 Å². The average molecular weight is 262 g/mol. The summed E-state index contributed by atoms with van der Waals surface area (Å²) in [5, 5.41) is 8.74. The summed E-state index contributed by atoms with van der Waals surface area (Å²) < 4.78 is 0. The van der Waals surface area contributed by atoms with Gasteiger partial charge in [-0.3, -0.25) is 0 Å². The van der Waals surface area contributed by atoms with Gasteiger partial charge in [0.25, 0.3) is 0 Å². The molecule has 1 heterocycles. The minimum absolute atomic E-state index is 0.267. The van der Waals surface area contributed by atoms with Crippen molar-refractivity contribution in [3.8, 4) is 6.07 Å². The topological polar surface area (TPSA) is 90.9 Å². The molecule has 6 nitrogen and oxygen atoms in total. The molecule has 0 radical (unpaired) electrons. The second-order valence-electron chi connectivity index (χ2n) is 4.62. The van der Waals surface area contributed by atoms with Crippen LogP contribution in [-0.4, -0.2) is 22.6 Å². The van der Waals surface area contributed by atoms with Gasteiger partial charge in [0.05, 0.1) is 12.5 Å². The van der Waals surface area contributed by atoms with Crippen LogP contribution in [0.5, 0.6) is 0 Å². The molecule has 0 bridgehead atoms. The van der Waals surface area contributed by atoms with Crippen molar-refractivity contribution in [2.45, 2.75) is 46.1 Å². The Morgan fingerprint density at radius 3 is 2.74 bits per heavy atom. The Morgan fingerprint density at radius 1 is 1.47 bits per heavy atom. The molecule has 0 spiro atoms. The van der Waals surface area contributed by atoms with Crippen LogP contribution in [-0.2, 0) is 6.42 Å². The van der Waals surface area contributed by atoms with E-state index in [0.717, 1.165) is 24.5 Å². The van der Waals surface area contributed by atoms with Crippen LogP contribution in [0.25, 0.3) is 0 Å². The lowest BCUT2D eigenvalue weighted by atomic mass is 10.2. The molecule has 1 aromatic rings. The van der Waals surface area contributed by atoms with Crippen molar-refractivity contribution in [3.63, 3.8) is 0 Å². The number of nitrogens with one attached hydrogen (secondary N) is 1. The van der Waals surface area contributed by atoms with Crippen LogP contribution in [0.3, 0.4) is 0 Å². The quantitative estimate of drug-likeness (QED) is 0.575. The van der Waals surface area contributed by atoms with Gasteiger partial charge in [-0.2, -0.15) is 5.26 Å². The molecular weight excluding hydrogens is 240 g/mol. The molecule has 104 valence electrons. The Hall–Kier alpha value is -1.87. The van der Waals surface area contributed by atoms with E-state index in [1.807, 2.05) is 6.07 Å². The Bertz CT molecular complexity index is 437. The van der Waals surface area contributed by atoms with Crippen LogP contribution >= 0.6 is 0 Å². The maximum Gasteiger partial charge on any atom is 0.145 e. The number of nitriles is 1. The first-order valence-corrected chi connectivity index (χ1v) is 6.60. The van der Waals surface area contributed by atoms with Gasteiger partial charge in [0, 0.05) is 25.1 Å². The third-order valence-corrected chi connectivity index (χ3v) is 2.76. The molecule has 0 saturated heterocycles. The first-order chi connectivity index (χ1) is 9.12. The van der Waals surface area contributed by atoms with E-state index in [1.165, 1.54) is 0 Å². The minimum atomic E-state index is 0.267. The largest absolute Gasteiger partial charge is 0.353 e. The van der Waals surface area contributed by atoms with E-state index in [0.29, 0.717) is 18.8 Å². The number of nitrogen functional groups attached to an aromatic ring is 1. The fourth-order valence-electron chi connectivity index (χ4n) is 1.85. The zero-order valence-electron chi connectivity index (χ0n) is 11.8. The van der Waals surface area contributed by atoms with E-state index in [1.54, 1.807) is 0 Å². The van der Waals surface area contributed by atoms with Crippen molar-refractivity contribution in [2.24, 2.45) is 5.84 Å². The third-order valence-electron chi connectivity index (χ3n) is 2.76. The number of aryl methyl sites for hydroxylation is 1. The second-order valence-corrected chi connectivity index (χ2v) is 4.62. The maximum absolute atomic E-state index is 8.74. The molecule has 0 amide bonds. The monoisotopic (exact) mass is 262 g/mol. The Labute approximate surface area is 114 Å². The zero-order chi connectivity index (χ0) is 14.3. The van der Waals surface area contributed by atoms with Gasteiger partial charge in [-0.15, -0.1) is 0 Å². The summed E-state index contributed by atoms with van der Waals surface area (Å²) in [5.74, 6) is 7.65. The van der Waals surface area contributed by atoms with Gasteiger partial charge in [0.2, 0.25) is 0 Å². The van der Waals surface area contributed by atoms with E-state index in [9.17, 15) is 0 Å². The van der Waals surface area contributed by atoms with Gasteiger partial charge in [-0.05, 0) is 20.3 Å². The van der Waals surface area contributed by atoms with Crippen molar-refractivity contribution in [3.05, 3.63) is 11.9 Å². The molecule has 0 unspecified atom stereocenters. The fraction of sp³-hybridized carbons (Fsp3) is 0.615. The van der Waals surface area contributed by atoms with Crippen molar-refractivity contribution in [1.29, 1.82) is 5.26 Å². The van der Waals surface area contributed by atoms with Crippen molar-refractivity contribution >= 4 is 11.6 Å². The molecule has 0 saturated carbocycles. The van der Waals surface area contributed by atoms with E-state index in [4.69, 9.17) is 11.1 Å². The van der Waals surface area contributed by atoms with Crippen LogP contribution in [0.4, 0.5) is 11.6 Å². The van der Waals surface area contributed by atoms with Gasteiger partial charge < -0.3 is 10.3 Å². The predicted molar refractivity (Wildman–Crippen MR) is 76.5 cm³/mol. The highest BCUT2D eigenvalue weighted by Crippen LogP contribution is 2.18. The van der Waals surface area contributed by atoms with Crippen LogP contribution in [0, 0.1) is 11.3 Å². The Balaban J connectivity index is 3.06. The molecule has 6 heteroatoms. The van der Waals surface area contributed by atoms with Gasteiger partial charge in [0.15, 0.2) is 0 Å². The van der Waals surface area contributed by atoms with Crippen LogP contribution < -0.4 is 16.2 Å². The Morgan fingerprint density at radius 2 is 2.21 bits per heavy atom. The van der Waals surface area contributed by atoms with Crippen LogP contribution in [0.1, 0.15) is 39.4 Å². The number of nitrogens with two attached hydrogens (primary N) is 1. The maximum atomic E-state index is 8.74. The molecule has 3 N–H and O–H groups in total. The van der Waals surface area contributed by atoms with Crippen molar-refractivity contribution < 1.29 is 0 Å². The van der Waals surface area contributed by atoms with Crippen LogP contribution in [0.15, 0.2) is 6.07 Å². The third kappa shape index (κ3) is 4.38. The first kappa shape index (κ1) is 15.2. The number of hydrazine groups is 1. The number of hydrogen-bond donors (Lipinski definition) is 2. The lowest BCUT2D eigenvalue weighted by Gasteiger charge is -2.27. The minimum Gasteiger partial charge on any atom is -0.353 e. The van der Waals surface area contributed by atoms with E-state index >= 15 is 0 Å². The second kappa shape index (κ2) is 7.54. The number of rotatable bonds is 7. The molecule has 0 aliphatic carbocycles. The first-order valence-electron chi connectivity index (χ1n) is 6.60. The number of aromatic nitrogens is 2. The zero-order valence-corrected chi connectivity index (χ0v) is 11.8.